The second-order valence-electron chi connectivity index (χ2n) is 6.75. The van der Waals surface area contributed by atoms with Gasteiger partial charge >= 0.3 is 0 Å². The lowest BCUT2D eigenvalue weighted by Gasteiger charge is -2.14. The molecule has 3 aromatic rings. The lowest BCUT2D eigenvalue weighted by molar-refractivity contribution is 0.102. The van der Waals surface area contributed by atoms with Crippen LogP contribution in [-0.2, 0) is 10.0 Å². The molecular formula is C22H21BrN2O4S. The second-order valence-corrected chi connectivity index (χ2v) is 9.32. The Morgan fingerprint density at radius 1 is 0.967 bits per heavy atom. The third kappa shape index (κ3) is 5.01. The molecule has 0 radical (unpaired) electrons. The summed E-state index contributed by atoms with van der Waals surface area (Å²) in [6, 6.07) is 16.7. The molecule has 1 amide bonds. The maximum Gasteiger partial charge on any atom is 0.265 e. The van der Waals surface area contributed by atoms with Crippen LogP contribution in [0.4, 0.5) is 11.4 Å². The molecule has 0 aliphatic heterocycles. The lowest BCUT2D eigenvalue weighted by Crippen LogP contribution is -2.17. The molecule has 6 nitrogen and oxygen atoms in total. The fourth-order valence-corrected chi connectivity index (χ4v) is 4.42. The first kappa shape index (κ1) is 21.9. The van der Waals surface area contributed by atoms with Crippen LogP contribution in [0, 0.1) is 13.8 Å². The molecule has 0 saturated carbocycles. The first-order chi connectivity index (χ1) is 14.2. The van der Waals surface area contributed by atoms with Crippen molar-refractivity contribution in [2.24, 2.45) is 0 Å². The summed E-state index contributed by atoms with van der Waals surface area (Å²) >= 11 is 3.31. The Labute approximate surface area is 184 Å². The second kappa shape index (κ2) is 8.89. The fraction of sp³-hybridized carbons (Fsp3) is 0.136. The number of nitrogens with one attached hydrogen (secondary N) is 2. The maximum atomic E-state index is 13.0. The first-order valence-electron chi connectivity index (χ1n) is 9.04. The van der Waals surface area contributed by atoms with Crippen molar-refractivity contribution in [2.45, 2.75) is 18.7 Å². The molecule has 0 fully saturated rings. The molecule has 3 rings (SSSR count). The Bertz CT molecular complexity index is 1190. The summed E-state index contributed by atoms with van der Waals surface area (Å²) in [5, 5.41) is 2.83. The van der Waals surface area contributed by atoms with E-state index in [4.69, 9.17) is 4.74 Å². The van der Waals surface area contributed by atoms with E-state index < -0.39 is 15.9 Å². The highest BCUT2D eigenvalue weighted by Crippen LogP contribution is 2.28. The third-order valence-corrected chi connectivity index (χ3v) is 6.37. The van der Waals surface area contributed by atoms with Gasteiger partial charge in [-0.05, 0) is 67.9 Å². The number of amides is 1. The molecule has 0 atom stereocenters. The van der Waals surface area contributed by atoms with E-state index in [1.807, 2.05) is 32.0 Å². The summed E-state index contributed by atoms with van der Waals surface area (Å²) in [4.78, 5) is 12.6. The average Bonchev–Trinajstić information content (AvgIpc) is 2.71. The van der Waals surface area contributed by atoms with Gasteiger partial charge in [0.25, 0.3) is 15.9 Å². The minimum atomic E-state index is -3.98. The van der Waals surface area contributed by atoms with Gasteiger partial charge in [0.15, 0.2) is 0 Å². The van der Waals surface area contributed by atoms with Gasteiger partial charge in [-0.3, -0.25) is 9.52 Å². The van der Waals surface area contributed by atoms with Crippen molar-refractivity contribution in [3.8, 4) is 5.75 Å². The summed E-state index contributed by atoms with van der Waals surface area (Å²) in [6.45, 7) is 3.87. The first-order valence-corrected chi connectivity index (χ1v) is 11.3. The predicted octanol–water partition coefficient (Wildman–Crippen LogP) is 5.13. The molecule has 0 bridgehead atoms. The molecule has 156 valence electrons. The van der Waals surface area contributed by atoms with E-state index in [9.17, 15) is 13.2 Å². The minimum absolute atomic E-state index is 0.124. The zero-order chi connectivity index (χ0) is 21.9. The number of hydrogen-bond donors (Lipinski definition) is 2. The number of anilines is 2. The van der Waals surface area contributed by atoms with Crippen molar-refractivity contribution in [3.63, 3.8) is 0 Å². The van der Waals surface area contributed by atoms with Gasteiger partial charge in [-0.15, -0.1) is 0 Å². The number of carbonyl (C=O) groups excluding carboxylic acids is 1. The Kier molecular flexibility index (Phi) is 6.48. The molecule has 0 aliphatic carbocycles. The third-order valence-electron chi connectivity index (χ3n) is 4.44. The van der Waals surface area contributed by atoms with E-state index in [1.165, 1.54) is 25.3 Å². The van der Waals surface area contributed by atoms with E-state index in [1.54, 1.807) is 24.3 Å². The maximum absolute atomic E-state index is 13.0. The van der Waals surface area contributed by atoms with Gasteiger partial charge in [0.1, 0.15) is 10.6 Å². The number of methoxy groups -OCH3 is 1. The average molecular weight is 489 g/mol. The van der Waals surface area contributed by atoms with Crippen LogP contribution in [0.1, 0.15) is 21.5 Å². The van der Waals surface area contributed by atoms with Gasteiger partial charge in [-0.1, -0.05) is 33.6 Å². The van der Waals surface area contributed by atoms with E-state index >= 15 is 0 Å². The van der Waals surface area contributed by atoms with Crippen molar-refractivity contribution in [1.29, 1.82) is 0 Å². The standard InChI is InChI=1S/C22H21BrN2O4S/c1-14-4-10-19(15(2)12-14)24-22(26)16-5-11-20(29-3)21(13-16)30(27,28)25-18-8-6-17(23)7-9-18/h4-13,25H,1-3H3,(H,24,26). The normalized spacial score (nSPS) is 11.1. The number of halogens is 1. The molecule has 0 heterocycles. The number of aryl methyl sites for hydroxylation is 2. The summed E-state index contributed by atoms with van der Waals surface area (Å²) < 4.78 is 34.5. The SMILES string of the molecule is COc1ccc(C(=O)Nc2ccc(C)cc2C)cc1S(=O)(=O)Nc1ccc(Br)cc1. The molecule has 0 unspecified atom stereocenters. The zero-order valence-corrected chi connectivity index (χ0v) is 19.1. The van der Waals surface area contributed by atoms with Crippen LogP contribution in [-0.4, -0.2) is 21.4 Å². The number of hydrogen-bond acceptors (Lipinski definition) is 4. The number of rotatable bonds is 6. The van der Waals surface area contributed by atoms with Crippen LogP contribution in [0.25, 0.3) is 0 Å². The van der Waals surface area contributed by atoms with Crippen LogP contribution in [0.2, 0.25) is 0 Å². The number of ether oxygens (including phenoxy) is 1. The summed E-state index contributed by atoms with van der Waals surface area (Å²) in [5.41, 5.74) is 3.26. The quantitative estimate of drug-likeness (QED) is 0.503. The van der Waals surface area contributed by atoms with Crippen molar-refractivity contribution in [2.75, 3.05) is 17.1 Å². The van der Waals surface area contributed by atoms with Crippen molar-refractivity contribution in [3.05, 3.63) is 81.8 Å². The lowest BCUT2D eigenvalue weighted by atomic mass is 10.1. The Morgan fingerprint density at radius 3 is 2.30 bits per heavy atom. The molecule has 8 heteroatoms. The van der Waals surface area contributed by atoms with E-state index in [0.717, 1.165) is 15.6 Å². The summed E-state index contributed by atoms with van der Waals surface area (Å²) in [6.07, 6.45) is 0. The predicted molar refractivity (Wildman–Crippen MR) is 122 cm³/mol. The van der Waals surface area contributed by atoms with Crippen LogP contribution in [0.3, 0.4) is 0 Å². The molecule has 3 aromatic carbocycles. The number of benzene rings is 3. The van der Waals surface area contributed by atoms with E-state index in [2.05, 4.69) is 26.0 Å². The topological polar surface area (TPSA) is 84.5 Å². The summed E-state index contributed by atoms with van der Waals surface area (Å²) in [7, 11) is -2.60. The highest BCUT2D eigenvalue weighted by molar-refractivity contribution is 9.10. The van der Waals surface area contributed by atoms with Gasteiger partial charge in [0.05, 0.1) is 7.11 Å². The van der Waals surface area contributed by atoms with Crippen LogP contribution < -0.4 is 14.8 Å². The van der Waals surface area contributed by atoms with Crippen molar-refractivity contribution >= 4 is 43.2 Å². The van der Waals surface area contributed by atoms with E-state index in [0.29, 0.717) is 11.4 Å². The van der Waals surface area contributed by atoms with Crippen molar-refractivity contribution in [1.82, 2.24) is 0 Å². The van der Waals surface area contributed by atoms with Gasteiger partial charge in [0.2, 0.25) is 0 Å². The van der Waals surface area contributed by atoms with Crippen molar-refractivity contribution < 1.29 is 17.9 Å². The zero-order valence-electron chi connectivity index (χ0n) is 16.7. The molecule has 0 spiro atoms. The Hall–Kier alpha value is -2.84. The highest BCUT2D eigenvalue weighted by Gasteiger charge is 2.22. The highest BCUT2D eigenvalue weighted by atomic mass is 79.9. The minimum Gasteiger partial charge on any atom is -0.495 e. The molecule has 2 N–H and O–H groups in total. The molecular weight excluding hydrogens is 468 g/mol. The number of carbonyl (C=O) groups is 1. The van der Waals surface area contributed by atoms with E-state index in [-0.39, 0.29) is 16.2 Å². The largest absolute Gasteiger partial charge is 0.495 e. The van der Waals surface area contributed by atoms with Gasteiger partial charge in [-0.25, -0.2) is 8.42 Å². The molecule has 0 aromatic heterocycles. The molecule has 0 saturated heterocycles. The Morgan fingerprint density at radius 2 is 1.67 bits per heavy atom. The number of sulfonamides is 1. The van der Waals surface area contributed by atoms with Crippen LogP contribution in [0.15, 0.2) is 70.0 Å². The van der Waals surface area contributed by atoms with Gasteiger partial charge in [-0.2, -0.15) is 0 Å². The van der Waals surface area contributed by atoms with Crippen LogP contribution in [0.5, 0.6) is 5.75 Å². The fourth-order valence-electron chi connectivity index (χ4n) is 2.90. The van der Waals surface area contributed by atoms with Crippen LogP contribution >= 0.6 is 15.9 Å². The smallest absolute Gasteiger partial charge is 0.265 e. The summed E-state index contributed by atoms with van der Waals surface area (Å²) in [5.74, 6) is -0.271. The monoisotopic (exact) mass is 488 g/mol. The molecule has 0 aliphatic rings. The molecule has 30 heavy (non-hydrogen) atoms. The van der Waals surface area contributed by atoms with Gasteiger partial charge in [0, 0.05) is 21.4 Å². The Balaban J connectivity index is 1.92. The van der Waals surface area contributed by atoms with Gasteiger partial charge < -0.3 is 10.1 Å².